The Bertz CT molecular complexity index is 690. The Balaban J connectivity index is 1.44. The molecule has 0 saturated carbocycles. The van der Waals surface area contributed by atoms with Crippen LogP contribution in [0.15, 0.2) is 24.5 Å². The lowest BCUT2D eigenvalue weighted by molar-refractivity contribution is 0.0186. The summed E-state index contributed by atoms with van der Waals surface area (Å²) in [5, 5.41) is 4.47. The van der Waals surface area contributed by atoms with Gasteiger partial charge in [-0.1, -0.05) is 6.07 Å². The molecule has 24 heavy (non-hydrogen) atoms. The summed E-state index contributed by atoms with van der Waals surface area (Å²) in [5.74, 6) is 1.06. The molecule has 2 aliphatic rings. The van der Waals surface area contributed by atoms with Crippen molar-refractivity contribution in [2.45, 2.75) is 45.1 Å². The average molecular weight is 326 g/mol. The van der Waals surface area contributed by atoms with E-state index in [1.807, 2.05) is 4.68 Å². The molecule has 5 heteroatoms. The number of hydrogen-bond donors (Lipinski definition) is 0. The number of nitrogens with zero attached hydrogens (tertiary/aromatic N) is 4. The van der Waals surface area contributed by atoms with Gasteiger partial charge in [0.25, 0.3) is 0 Å². The number of rotatable bonds is 5. The number of ether oxygens (including phenoxy) is 1. The van der Waals surface area contributed by atoms with Gasteiger partial charge in [-0.2, -0.15) is 5.10 Å². The molecule has 0 bridgehead atoms. The summed E-state index contributed by atoms with van der Waals surface area (Å²) in [6.07, 6.45) is 7.43. The Kier molecular flexibility index (Phi) is 4.63. The van der Waals surface area contributed by atoms with Gasteiger partial charge in [0.05, 0.1) is 18.9 Å². The van der Waals surface area contributed by atoms with Crippen LogP contribution in [0.5, 0.6) is 0 Å². The van der Waals surface area contributed by atoms with Gasteiger partial charge >= 0.3 is 0 Å². The average Bonchev–Trinajstić information content (AvgIpc) is 3.28. The number of morpholine rings is 1. The molecule has 0 radical (unpaired) electrons. The van der Waals surface area contributed by atoms with Crippen LogP contribution in [-0.2, 0) is 24.0 Å². The van der Waals surface area contributed by atoms with Crippen LogP contribution in [0.2, 0.25) is 0 Å². The molecule has 1 atom stereocenters. The van der Waals surface area contributed by atoms with E-state index in [0.717, 1.165) is 50.7 Å². The molecule has 1 saturated heterocycles. The molecule has 1 aliphatic heterocycles. The normalized spacial score (nSPS) is 19.4. The van der Waals surface area contributed by atoms with Gasteiger partial charge in [0.1, 0.15) is 12.2 Å². The minimum atomic E-state index is 0.555. The highest BCUT2D eigenvalue weighted by Crippen LogP contribution is 2.24. The molecule has 0 N–H and O–H groups in total. The topological polar surface area (TPSA) is 43.2 Å². The van der Waals surface area contributed by atoms with Crippen molar-refractivity contribution in [3.63, 3.8) is 0 Å². The molecule has 1 fully saturated rings. The maximum atomic E-state index is 5.45. The van der Waals surface area contributed by atoms with Gasteiger partial charge in [-0.25, -0.2) is 9.67 Å². The van der Waals surface area contributed by atoms with Crippen molar-refractivity contribution in [1.29, 1.82) is 0 Å². The summed E-state index contributed by atoms with van der Waals surface area (Å²) in [7, 11) is 0. The fourth-order valence-corrected chi connectivity index (χ4v) is 3.88. The van der Waals surface area contributed by atoms with Crippen molar-refractivity contribution in [3.8, 4) is 5.69 Å². The van der Waals surface area contributed by atoms with Crippen LogP contribution in [0.4, 0.5) is 0 Å². The lowest BCUT2D eigenvalue weighted by atomic mass is 10.1. The molecule has 1 aromatic carbocycles. The Morgan fingerprint density at radius 3 is 2.88 bits per heavy atom. The smallest absolute Gasteiger partial charge is 0.138 e. The third kappa shape index (κ3) is 3.23. The van der Waals surface area contributed by atoms with Gasteiger partial charge in [0.2, 0.25) is 0 Å². The monoisotopic (exact) mass is 326 g/mol. The molecule has 1 aromatic heterocycles. The summed E-state index contributed by atoms with van der Waals surface area (Å²) >= 11 is 0. The van der Waals surface area contributed by atoms with Crippen LogP contribution < -0.4 is 0 Å². The molecular weight excluding hydrogens is 300 g/mol. The zero-order chi connectivity index (χ0) is 16.4. The second-order valence-electron chi connectivity index (χ2n) is 6.93. The minimum Gasteiger partial charge on any atom is -0.379 e. The van der Waals surface area contributed by atoms with Crippen LogP contribution in [-0.4, -0.2) is 52.0 Å². The molecule has 2 heterocycles. The maximum absolute atomic E-state index is 5.45. The van der Waals surface area contributed by atoms with Crippen molar-refractivity contribution in [3.05, 3.63) is 41.5 Å². The van der Waals surface area contributed by atoms with E-state index in [4.69, 9.17) is 4.74 Å². The van der Waals surface area contributed by atoms with E-state index >= 15 is 0 Å². The molecule has 0 spiro atoms. The van der Waals surface area contributed by atoms with E-state index in [0.29, 0.717) is 6.04 Å². The Morgan fingerprint density at radius 2 is 2.00 bits per heavy atom. The van der Waals surface area contributed by atoms with Crippen LogP contribution in [0.25, 0.3) is 5.69 Å². The number of fused-ring (bicyclic) bond motifs is 1. The number of benzene rings is 1. The van der Waals surface area contributed by atoms with Crippen molar-refractivity contribution in [2.75, 3.05) is 26.3 Å². The van der Waals surface area contributed by atoms with Gasteiger partial charge < -0.3 is 4.74 Å². The first-order valence-corrected chi connectivity index (χ1v) is 9.14. The van der Waals surface area contributed by atoms with Gasteiger partial charge in [0, 0.05) is 25.6 Å². The fourth-order valence-electron chi connectivity index (χ4n) is 3.88. The number of aryl methyl sites for hydroxylation is 3. The second-order valence-corrected chi connectivity index (χ2v) is 6.93. The highest BCUT2D eigenvalue weighted by atomic mass is 16.5. The second kappa shape index (κ2) is 7.03. The summed E-state index contributed by atoms with van der Waals surface area (Å²) in [4.78, 5) is 7.03. The summed E-state index contributed by atoms with van der Waals surface area (Å²) in [5.41, 5.74) is 4.14. The van der Waals surface area contributed by atoms with Gasteiger partial charge in [-0.05, 0) is 55.9 Å². The third-order valence-corrected chi connectivity index (χ3v) is 5.40. The molecule has 4 rings (SSSR count). The van der Waals surface area contributed by atoms with Gasteiger partial charge in [0.15, 0.2) is 0 Å². The first-order chi connectivity index (χ1) is 11.8. The summed E-state index contributed by atoms with van der Waals surface area (Å²) < 4.78 is 7.46. The van der Waals surface area contributed by atoms with Crippen molar-refractivity contribution < 1.29 is 4.74 Å². The van der Waals surface area contributed by atoms with E-state index in [2.05, 4.69) is 40.1 Å². The third-order valence-electron chi connectivity index (χ3n) is 5.40. The quantitative estimate of drug-likeness (QED) is 0.846. The summed E-state index contributed by atoms with van der Waals surface area (Å²) in [6, 6.07) is 7.30. The summed E-state index contributed by atoms with van der Waals surface area (Å²) in [6.45, 7) is 6.10. The Labute approximate surface area is 143 Å². The van der Waals surface area contributed by atoms with E-state index in [1.54, 1.807) is 6.33 Å². The zero-order valence-corrected chi connectivity index (χ0v) is 14.4. The van der Waals surface area contributed by atoms with E-state index in [-0.39, 0.29) is 0 Å². The largest absolute Gasteiger partial charge is 0.379 e. The molecule has 0 amide bonds. The molecule has 1 aliphatic carbocycles. The van der Waals surface area contributed by atoms with Crippen LogP contribution in [0.1, 0.15) is 36.7 Å². The highest BCUT2D eigenvalue weighted by molar-refractivity contribution is 5.42. The van der Waals surface area contributed by atoms with Crippen molar-refractivity contribution in [2.24, 2.45) is 0 Å². The van der Waals surface area contributed by atoms with Crippen LogP contribution >= 0.6 is 0 Å². The predicted octanol–water partition coefficient (Wildman–Crippen LogP) is 2.41. The van der Waals surface area contributed by atoms with E-state index in [1.165, 1.54) is 30.4 Å². The highest BCUT2D eigenvalue weighted by Gasteiger charge is 2.18. The lowest BCUT2D eigenvalue weighted by Gasteiger charge is -2.32. The maximum Gasteiger partial charge on any atom is 0.138 e. The first kappa shape index (κ1) is 15.8. The molecule has 5 nitrogen and oxygen atoms in total. The fraction of sp³-hybridized carbons (Fsp3) is 0.579. The molecule has 128 valence electrons. The van der Waals surface area contributed by atoms with Crippen molar-refractivity contribution in [1.82, 2.24) is 19.7 Å². The Morgan fingerprint density at radius 1 is 1.17 bits per heavy atom. The predicted molar refractivity (Wildman–Crippen MR) is 93.6 cm³/mol. The Hall–Kier alpha value is -1.72. The number of aromatic nitrogens is 3. The van der Waals surface area contributed by atoms with Crippen LogP contribution in [0, 0.1) is 0 Å². The van der Waals surface area contributed by atoms with Crippen LogP contribution in [0.3, 0.4) is 0 Å². The SMILES string of the molecule is CC(CCc1ncnn1-c1ccc2c(c1)CCC2)N1CCOCC1. The molecule has 2 aromatic rings. The number of hydrogen-bond acceptors (Lipinski definition) is 4. The zero-order valence-electron chi connectivity index (χ0n) is 14.4. The standard InChI is InChI=1S/C19H26N4O/c1-15(22-9-11-24-12-10-22)5-8-19-20-14-21-23(19)18-7-6-16-3-2-4-17(16)13-18/h6-7,13-15H,2-5,8-12H2,1H3. The minimum absolute atomic E-state index is 0.555. The van der Waals surface area contributed by atoms with Gasteiger partial charge in [-0.3, -0.25) is 4.90 Å². The molecular formula is C19H26N4O. The van der Waals surface area contributed by atoms with E-state index in [9.17, 15) is 0 Å². The van der Waals surface area contributed by atoms with E-state index < -0.39 is 0 Å². The first-order valence-electron chi connectivity index (χ1n) is 9.14. The van der Waals surface area contributed by atoms with Crippen molar-refractivity contribution >= 4 is 0 Å². The molecule has 1 unspecified atom stereocenters. The van der Waals surface area contributed by atoms with Gasteiger partial charge in [-0.15, -0.1) is 0 Å². The lowest BCUT2D eigenvalue weighted by Crippen LogP contribution is -2.42.